The molecule has 1 aromatic carbocycles. The molecule has 62 valence electrons. The molecule has 2 aliphatic rings. The first-order valence-corrected chi connectivity index (χ1v) is 4.36. The summed E-state index contributed by atoms with van der Waals surface area (Å²) in [4.78, 5) is 2.40. The SMILES string of the molecule is Cc1ccc2c(c1)N1CC1(C)N2. The molecule has 2 heteroatoms. The first kappa shape index (κ1) is 6.35. The number of anilines is 2. The topological polar surface area (TPSA) is 15.0 Å². The largest absolute Gasteiger partial charge is 0.360 e. The average Bonchev–Trinajstić information content (AvgIpc) is 2.60. The van der Waals surface area contributed by atoms with Crippen LogP contribution in [0, 0.1) is 6.92 Å². The molecule has 1 saturated heterocycles. The lowest BCUT2D eigenvalue weighted by Crippen LogP contribution is -2.17. The number of aryl methyl sites for hydroxylation is 1. The zero-order valence-corrected chi connectivity index (χ0v) is 7.39. The molecule has 0 radical (unpaired) electrons. The first-order chi connectivity index (χ1) is 5.69. The highest BCUT2D eigenvalue weighted by Crippen LogP contribution is 2.49. The summed E-state index contributed by atoms with van der Waals surface area (Å²) in [6.07, 6.45) is 0. The molecule has 0 bridgehead atoms. The number of rotatable bonds is 0. The van der Waals surface area contributed by atoms with Crippen LogP contribution in [0.4, 0.5) is 11.4 Å². The predicted molar refractivity (Wildman–Crippen MR) is 50.6 cm³/mol. The highest BCUT2D eigenvalue weighted by Gasteiger charge is 2.53. The van der Waals surface area contributed by atoms with Gasteiger partial charge in [-0.1, -0.05) is 6.07 Å². The number of fused-ring (bicyclic) bond motifs is 3. The lowest BCUT2D eigenvalue weighted by molar-refractivity contribution is 0.864. The molecular weight excluding hydrogens is 148 g/mol. The molecule has 1 aromatic rings. The van der Waals surface area contributed by atoms with Gasteiger partial charge in [0.05, 0.1) is 17.9 Å². The molecule has 3 rings (SSSR count). The minimum atomic E-state index is 0.246. The van der Waals surface area contributed by atoms with Crippen molar-refractivity contribution in [1.82, 2.24) is 0 Å². The summed E-state index contributed by atoms with van der Waals surface area (Å²) < 4.78 is 0. The fourth-order valence-corrected chi connectivity index (χ4v) is 1.99. The van der Waals surface area contributed by atoms with Gasteiger partial charge in [-0.3, -0.25) is 0 Å². The molecule has 0 aliphatic carbocycles. The Balaban J connectivity index is 2.16. The second-order valence-electron chi connectivity index (χ2n) is 4.01. The summed E-state index contributed by atoms with van der Waals surface area (Å²) in [7, 11) is 0. The van der Waals surface area contributed by atoms with Gasteiger partial charge < -0.3 is 10.2 Å². The van der Waals surface area contributed by atoms with Crippen molar-refractivity contribution in [2.75, 3.05) is 16.8 Å². The summed E-state index contributed by atoms with van der Waals surface area (Å²) in [5.41, 5.74) is 4.24. The van der Waals surface area contributed by atoms with Crippen LogP contribution in [-0.2, 0) is 0 Å². The van der Waals surface area contributed by atoms with E-state index in [1.54, 1.807) is 0 Å². The summed E-state index contributed by atoms with van der Waals surface area (Å²) in [5.74, 6) is 0. The van der Waals surface area contributed by atoms with Crippen molar-refractivity contribution in [2.24, 2.45) is 0 Å². The van der Waals surface area contributed by atoms with Gasteiger partial charge in [-0.25, -0.2) is 0 Å². The van der Waals surface area contributed by atoms with Crippen LogP contribution in [0.2, 0.25) is 0 Å². The Morgan fingerprint density at radius 1 is 1.50 bits per heavy atom. The Morgan fingerprint density at radius 3 is 3.17 bits per heavy atom. The minimum Gasteiger partial charge on any atom is -0.360 e. The van der Waals surface area contributed by atoms with Crippen LogP contribution >= 0.6 is 0 Å². The number of hydrogen-bond acceptors (Lipinski definition) is 2. The third kappa shape index (κ3) is 0.607. The molecule has 0 aromatic heterocycles. The van der Waals surface area contributed by atoms with Gasteiger partial charge >= 0.3 is 0 Å². The third-order valence-corrected chi connectivity index (χ3v) is 2.81. The molecule has 2 nitrogen and oxygen atoms in total. The highest BCUT2D eigenvalue weighted by molar-refractivity contribution is 5.83. The highest BCUT2D eigenvalue weighted by atomic mass is 15.5. The van der Waals surface area contributed by atoms with Gasteiger partial charge in [-0.15, -0.1) is 0 Å². The molecule has 12 heavy (non-hydrogen) atoms. The van der Waals surface area contributed by atoms with Crippen LogP contribution in [-0.4, -0.2) is 12.2 Å². The maximum atomic E-state index is 3.50. The summed E-state index contributed by atoms with van der Waals surface area (Å²) >= 11 is 0. The monoisotopic (exact) mass is 160 g/mol. The van der Waals surface area contributed by atoms with Gasteiger partial charge in [0.15, 0.2) is 0 Å². The number of hydrogen-bond donors (Lipinski definition) is 1. The van der Waals surface area contributed by atoms with Crippen molar-refractivity contribution in [1.29, 1.82) is 0 Å². The molecule has 2 aliphatic heterocycles. The van der Waals surface area contributed by atoms with Gasteiger partial charge in [0.25, 0.3) is 0 Å². The van der Waals surface area contributed by atoms with Crippen molar-refractivity contribution in [2.45, 2.75) is 19.5 Å². The van der Waals surface area contributed by atoms with E-state index in [0.29, 0.717) is 0 Å². The summed E-state index contributed by atoms with van der Waals surface area (Å²) in [5, 5.41) is 3.50. The Labute approximate surface area is 72.2 Å². The second kappa shape index (κ2) is 1.60. The van der Waals surface area contributed by atoms with E-state index in [1.807, 2.05) is 0 Å². The van der Waals surface area contributed by atoms with Crippen molar-refractivity contribution in [3.63, 3.8) is 0 Å². The van der Waals surface area contributed by atoms with E-state index in [1.165, 1.54) is 16.9 Å². The fourth-order valence-electron chi connectivity index (χ4n) is 1.99. The standard InChI is InChI=1S/C10H12N2/c1-7-3-4-8-9(5-7)12-6-10(12,2)11-8/h3-5,11H,6H2,1-2H3. The second-order valence-corrected chi connectivity index (χ2v) is 4.01. The quantitative estimate of drug-likeness (QED) is 0.583. The third-order valence-electron chi connectivity index (χ3n) is 2.81. The van der Waals surface area contributed by atoms with Gasteiger partial charge in [-0.2, -0.15) is 0 Å². The number of benzene rings is 1. The first-order valence-electron chi connectivity index (χ1n) is 4.36. The molecule has 0 spiro atoms. The predicted octanol–water partition coefficient (Wildman–Crippen LogP) is 1.96. The lowest BCUT2D eigenvalue weighted by atomic mass is 10.2. The maximum Gasteiger partial charge on any atom is 0.126 e. The molecule has 1 N–H and O–H groups in total. The zero-order chi connectivity index (χ0) is 8.34. The van der Waals surface area contributed by atoms with Crippen LogP contribution in [0.1, 0.15) is 12.5 Å². The van der Waals surface area contributed by atoms with Gasteiger partial charge in [0.1, 0.15) is 5.66 Å². The lowest BCUT2D eigenvalue weighted by Gasteiger charge is -2.04. The normalized spacial score (nSPS) is 29.3. The van der Waals surface area contributed by atoms with Gasteiger partial charge in [0, 0.05) is 0 Å². The van der Waals surface area contributed by atoms with E-state index in [9.17, 15) is 0 Å². The van der Waals surface area contributed by atoms with Crippen molar-refractivity contribution in [3.05, 3.63) is 23.8 Å². The fraction of sp³-hybridized carbons (Fsp3) is 0.400. The Kier molecular flexibility index (Phi) is 0.849. The average molecular weight is 160 g/mol. The van der Waals surface area contributed by atoms with E-state index in [4.69, 9.17) is 0 Å². The zero-order valence-electron chi connectivity index (χ0n) is 7.39. The van der Waals surface area contributed by atoms with Gasteiger partial charge in [0.2, 0.25) is 0 Å². The van der Waals surface area contributed by atoms with Crippen LogP contribution in [0.5, 0.6) is 0 Å². The molecule has 1 unspecified atom stereocenters. The molecule has 1 fully saturated rings. The molecule has 2 heterocycles. The van der Waals surface area contributed by atoms with E-state index in [0.717, 1.165) is 6.54 Å². The smallest absolute Gasteiger partial charge is 0.126 e. The molecule has 1 atom stereocenters. The van der Waals surface area contributed by atoms with E-state index >= 15 is 0 Å². The number of nitrogens with one attached hydrogen (secondary N) is 1. The van der Waals surface area contributed by atoms with Crippen molar-refractivity contribution < 1.29 is 0 Å². The van der Waals surface area contributed by atoms with E-state index < -0.39 is 0 Å². The van der Waals surface area contributed by atoms with Crippen LogP contribution in [0.25, 0.3) is 0 Å². The maximum absolute atomic E-state index is 3.50. The van der Waals surface area contributed by atoms with Gasteiger partial charge in [-0.05, 0) is 31.5 Å². The van der Waals surface area contributed by atoms with Crippen LogP contribution < -0.4 is 10.2 Å². The van der Waals surface area contributed by atoms with Crippen LogP contribution in [0.3, 0.4) is 0 Å². The van der Waals surface area contributed by atoms with E-state index in [-0.39, 0.29) is 5.66 Å². The molecular formula is C10H12N2. The molecule has 0 amide bonds. The molecule has 0 saturated carbocycles. The summed E-state index contributed by atoms with van der Waals surface area (Å²) in [6.45, 7) is 5.53. The Hall–Kier alpha value is -1.18. The van der Waals surface area contributed by atoms with E-state index in [2.05, 4.69) is 42.3 Å². The Bertz CT molecular complexity index is 359. The van der Waals surface area contributed by atoms with Crippen molar-refractivity contribution in [3.8, 4) is 0 Å². The van der Waals surface area contributed by atoms with Crippen LogP contribution in [0.15, 0.2) is 18.2 Å². The van der Waals surface area contributed by atoms with Crippen molar-refractivity contribution >= 4 is 11.4 Å². The Morgan fingerprint density at radius 2 is 2.33 bits per heavy atom. The number of nitrogens with zero attached hydrogens (tertiary/aromatic N) is 1. The summed E-state index contributed by atoms with van der Waals surface area (Å²) in [6, 6.07) is 6.57. The minimum absolute atomic E-state index is 0.246.